The van der Waals surface area contributed by atoms with Crippen molar-refractivity contribution >= 4 is 55.2 Å². The van der Waals surface area contributed by atoms with Crippen molar-refractivity contribution in [2.45, 2.75) is 6.17 Å². The first-order chi connectivity index (χ1) is 28.2. The molecule has 1 aromatic heterocycles. The van der Waals surface area contributed by atoms with Crippen LogP contribution in [0.5, 0.6) is 0 Å². The lowest BCUT2D eigenvalue weighted by Crippen LogP contribution is -2.33. The molecule has 4 heteroatoms. The van der Waals surface area contributed by atoms with Gasteiger partial charge in [0.15, 0.2) is 5.84 Å². The first kappa shape index (κ1) is 32.8. The summed E-state index contributed by atoms with van der Waals surface area (Å²) in [5.74, 6) is 1.42. The summed E-state index contributed by atoms with van der Waals surface area (Å²) in [5.41, 5.74) is 11.5. The monoisotopic (exact) mass is 729 g/mol. The lowest BCUT2D eigenvalue weighted by Gasteiger charge is -2.24. The molecule has 57 heavy (non-hydrogen) atoms. The normalized spacial score (nSPS) is 14.1. The van der Waals surface area contributed by atoms with E-state index in [0.29, 0.717) is 5.84 Å². The molecule has 4 nitrogen and oxygen atoms in total. The molecule has 0 bridgehead atoms. The summed E-state index contributed by atoms with van der Waals surface area (Å²) in [6, 6.07) is 70.6. The number of aliphatic imine (C=N–C) groups is 2. The van der Waals surface area contributed by atoms with Gasteiger partial charge < -0.3 is 9.73 Å². The quantitative estimate of drug-likeness (QED) is 0.185. The van der Waals surface area contributed by atoms with Gasteiger partial charge in [-0.3, -0.25) is 0 Å². The summed E-state index contributed by atoms with van der Waals surface area (Å²) in [7, 11) is 0. The average Bonchev–Trinajstić information content (AvgIpc) is 3.67. The fraction of sp³-hybridized carbons (Fsp3) is 0.0189. The summed E-state index contributed by atoms with van der Waals surface area (Å²) < 4.78 is 6.58. The molecule has 0 saturated carbocycles. The van der Waals surface area contributed by atoms with Crippen LogP contribution in [0.15, 0.2) is 215 Å². The SMILES string of the molecule is c1ccc(-c2ccc(-c3cc(C4=NC(c5ccc(-c6cccc7ccccc67)cc5)NC(c5ccc6ccccc6c5)=N4)c4c(c3)oc3ccccc34)cc2)cc1. The number of rotatable bonds is 6. The van der Waals surface area contributed by atoms with Crippen LogP contribution in [0.3, 0.4) is 0 Å². The maximum atomic E-state index is 6.58. The van der Waals surface area contributed by atoms with Crippen LogP contribution in [0.25, 0.3) is 76.9 Å². The van der Waals surface area contributed by atoms with Gasteiger partial charge in [0.1, 0.15) is 23.2 Å². The number of amidine groups is 2. The summed E-state index contributed by atoms with van der Waals surface area (Å²) in [6.07, 6.45) is -0.387. The topological polar surface area (TPSA) is 49.9 Å². The first-order valence-electron chi connectivity index (χ1n) is 19.3. The Hall–Kier alpha value is -7.56. The average molecular weight is 730 g/mol. The van der Waals surface area contributed by atoms with Gasteiger partial charge in [-0.1, -0.05) is 176 Å². The highest BCUT2D eigenvalue weighted by Gasteiger charge is 2.25. The van der Waals surface area contributed by atoms with Gasteiger partial charge >= 0.3 is 0 Å². The summed E-state index contributed by atoms with van der Waals surface area (Å²) >= 11 is 0. The van der Waals surface area contributed by atoms with E-state index >= 15 is 0 Å². The van der Waals surface area contributed by atoms with Crippen LogP contribution >= 0.6 is 0 Å². The van der Waals surface area contributed by atoms with Gasteiger partial charge in [-0.15, -0.1) is 0 Å². The number of nitrogens with zero attached hydrogens (tertiary/aromatic N) is 2. The van der Waals surface area contributed by atoms with Crippen molar-refractivity contribution in [3.63, 3.8) is 0 Å². The molecule has 0 fully saturated rings. The Balaban J connectivity index is 1.07. The van der Waals surface area contributed by atoms with E-state index in [9.17, 15) is 0 Å². The van der Waals surface area contributed by atoms with Crippen molar-refractivity contribution in [2.24, 2.45) is 9.98 Å². The fourth-order valence-corrected chi connectivity index (χ4v) is 8.23. The number of fused-ring (bicyclic) bond motifs is 5. The second-order valence-electron chi connectivity index (χ2n) is 14.6. The number of furan rings is 1. The van der Waals surface area contributed by atoms with Crippen LogP contribution in [0.1, 0.15) is 22.9 Å². The highest BCUT2D eigenvalue weighted by atomic mass is 16.3. The number of hydrogen-bond acceptors (Lipinski definition) is 4. The third-order valence-electron chi connectivity index (χ3n) is 11.1. The summed E-state index contributed by atoms with van der Waals surface area (Å²) in [5, 5.41) is 10.6. The van der Waals surface area contributed by atoms with Crippen LogP contribution in [0.2, 0.25) is 0 Å². The Morgan fingerprint density at radius 2 is 1.04 bits per heavy atom. The Kier molecular flexibility index (Phi) is 7.85. The number of hydrogen-bond donors (Lipinski definition) is 1. The second kappa shape index (κ2) is 13.6. The van der Waals surface area contributed by atoms with Crippen LogP contribution in [0, 0.1) is 0 Å². The lowest BCUT2D eigenvalue weighted by molar-refractivity contribution is 0.668. The Morgan fingerprint density at radius 1 is 0.404 bits per heavy atom. The van der Waals surface area contributed by atoms with Crippen LogP contribution < -0.4 is 5.32 Å². The van der Waals surface area contributed by atoms with E-state index in [1.54, 1.807) is 0 Å². The van der Waals surface area contributed by atoms with Gasteiger partial charge in [0.25, 0.3) is 0 Å². The maximum Gasteiger partial charge on any atom is 0.160 e. The first-order valence-corrected chi connectivity index (χ1v) is 19.3. The molecule has 0 amide bonds. The van der Waals surface area contributed by atoms with Gasteiger partial charge in [-0.2, -0.15) is 0 Å². The smallest absolute Gasteiger partial charge is 0.160 e. The predicted molar refractivity (Wildman–Crippen MR) is 237 cm³/mol. The highest BCUT2D eigenvalue weighted by molar-refractivity contribution is 6.23. The van der Waals surface area contributed by atoms with Gasteiger partial charge in [0.05, 0.1) is 0 Å². The predicted octanol–water partition coefficient (Wildman–Crippen LogP) is 13.4. The molecule has 0 aliphatic carbocycles. The molecular formula is C53H35N3O. The minimum Gasteiger partial charge on any atom is -0.456 e. The zero-order chi connectivity index (χ0) is 37.7. The van der Waals surface area contributed by atoms with Crippen LogP contribution in [-0.2, 0) is 0 Å². The van der Waals surface area contributed by atoms with Crippen molar-refractivity contribution in [2.75, 3.05) is 0 Å². The van der Waals surface area contributed by atoms with E-state index in [-0.39, 0.29) is 6.17 Å². The van der Waals surface area contributed by atoms with Gasteiger partial charge in [0, 0.05) is 21.9 Å². The van der Waals surface area contributed by atoms with Gasteiger partial charge in [0.2, 0.25) is 0 Å². The van der Waals surface area contributed by atoms with Crippen molar-refractivity contribution in [1.29, 1.82) is 0 Å². The van der Waals surface area contributed by atoms with E-state index in [0.717, 1.165) is 66.5 Å². The molecule has 1 N–H and O–H groups in total. The van der Waals surface area contributed by atoms with Gasteiger partial charge in [-0.25, -0.2) is 9.98 Å². The Morgan fingerprint density at radius 3 is 1.86 bits per heavy atom. The van der Waals surface area contributed by atoms with Crippen molar-refractivity contribution in [3.8, 4) is 33.4 Å². The molecule has 0 spiro atoms. The van der Waals surface area contributed by atoms with E-state index in [4.69, 9.17) is 14.4 Å². The third kappa shape index (κ3) is 5.96. The minimum atomic E-state index is -0.387. The van der Waals surface area contributed by atoms with Crippen molar-refractivity contribution in [3.05, 3.63) is 217 Å². The largest absolute Gasteiger partial charge is 0.456 e. The van der Waals surface area contributed by atoms with Crippen LogP contribution in [-0.4, -0.2) is 11.7 Å². The Bertz CT molecular complexity index is 3190. The Labute approximate surface area is 330 Å². The molecule has 1 aliphatic heterocycles. The molecule has 1 unspecified atom stereocenters. The molecule has 1 atom stereocenters. The molecule has 10 aromatic rings. The zero-order valence-corrected chi connectivity index (χ0v) is 30.9. The summed E-state index contributed by atoms with van der Waals surface area (Å²) in [6.45, 7) is 0. The van der Waals surface area contributed by atoms with Gasteiger partial charge in [-0.05, 0) is 84.8 Å². The van der Waals surface area contributed by atoms with Crippen molar-refractivity contribution < 1.29 is 4.42 Å². The van der Waals surface area contributed by atoms with E-state index < -0.39 is 0 Å². The van der Waals surface area contributed by atoms with E-state index in [2.05, 4.69) is 187 Å². The van der Waals surface area contributed by atoms with Crippen molar-refractivity contribution in [1.82, 2.24) is 5.32 Å². The van der Waals surface area contributed by atoms with Crippen LogP contribution in [0.4, 0.5) is 0 Å². The number of nitrogens with one attached hydrogen (secondary N) is 1. The molecule has 0 saturated heterocycles. The number of para-hydroxylation sites is 1. The molecule has 11 rings (SSSR count). The molecule has 268 valence electrons. The fourth-order valence-electron chi connectivity index (χ4n) is 8.23. The molecule has 1 aliphatic rings. The highest BCUT2D eigenvalue weighted by Crippen LogP contribution is 2.38. The zero-order valence-electron chi connectivity index (χ0n) is 30.9. The molecular weight excluding hydrogens is 695 g/mol. The summed E-state index contributed by atoms with van der Waals surface area (Å²) in [4.78, 5) is 10.8. The number of benzene rings is 9. The minimum absolute atomic E-state index is 0.387. The van der Waals surface area contributed by atoms with E-state index in [1.807, 2.05) is 18.2 Å². The van der Waals surface area contributed by atoms with E-state index in [1.165, 1.54) is 32.8 Å². The third-order valence-corrected chi connectivity index (χ3v) is 11.1. The lowest BCUT2D eigenvalue weighted by atomic mass is 9.96. The maximum absolute atomic E-state index is 6.58. The molecule has 0 radical (unpaired) electrons. The molecule has 2 heterocycles. The second-order valence-corrected chi connectivity index (χ2v) is 14.6. The molecule has 9 aromatic carbocycles. The standard InChI is InChI=1S/C53H35N3O/c1-2-11-34(12-3-1)36-21-23-37(24-22-36)43-32-47(50-46-18-8-9-20-48(46)57-49(50)33-43)53-55-51(54-52(56-53)42-30-25-35-13-4-5-15-41(35)31-42)40-28-26-39(27-29-40)45-19-10-16-38-14-6-7-17-44(38)45/h1-33,51H,(H,54,55,56).